The van der Waals surface area contributed by atoms with E-state index in [9.17, 15) is 13.2 Å². The van der Waals surface area contributed by atoms with Crippen molar-refractivity contribution in [1.82, 2.24) is 0 Å². The van der Waals surface area contributed by atoms with Gasteiger partial charge in [-0.2, -0.15) is 13.2 Å². The lowest BCUT2D eigenvalue weighted by Crippen LogP contribution is -2.06. The van der Waals surface area contributed by atoms with E-state index >= 15 is 0 Å². The van der Waals surface area contributed by atoms with Crippen LogP contribution in [0.1, 0.15) is 5.56 Å². The molecule has 7 heteroatoms. The maximum absolute atomic E-state index is 12.6. The highest BCUT2D eigenvalue weighted by Crippen LogP contribution is 2.35. The van der Waals surface area contributed by atoms with Crippen LogP contribution in [0.4, 0.5) is 30.2 Å². The predicted molar refractivity (Wildman–Crippen MR) is 77.1 cm³/mol. The predicted octanol–water partition coefficient (Wildman–Crippen LogP) is 4.69. The number of hydrogen-bond donors (Lipinski definition) is 2. The van der Waals surface area contributed by atoms with Crippen molar-refractivity contribution in [3.63, 3.8) is 0 Å². The van der Waals surface area contributed by atoms with Crippen LogP contribution >= 0.6 is 11.6 Å². The molecule has 0 aliphatic rings. The molecule has 0 amide bonds. The molecule has 0 aromatic heterocycles. The van der Waals surface area contributed by atoms with E-state index in [1.54, 1.807) is 18.2 Å². The molecule has 0 spiro atoms. The molecule has 0 atom stereocenters. The first-order valence-corrected chi connectivity index (χ1v) is 6.26. The number of benzene rings is 2. The van der Waals surface area contributed by atoms with Gasteiger partial charge >= 0.3 is 6.18 Å². The van der Waals surface area contributed by atoms with Crippen molar-refractivity contribution in [2.75, 3.05) is 18.2 Å². The van der Waals surface area contributed by atoms with Gasteiger partial charge < -0.3 is 15.8 Å². The molecule has 0 unspecified atom stereocenters. The van der Waals surface area contributed by atoms with Gasteiger partial charge in [0.1, 0.15) is 5.75 Å². The number of nitrogen functional groups attached to an aromatic ring is 1. The molecule has 0 heterocycles. The second-order valence-corrected chi connectivity index (χ2v) is 4.68. The SMILES string of the molecule is COc1ccc(Cl)c(Nc2ccc(C(F)(F)F)cc2N)c1. The molecular weight excluding hydrogens is 305 g/mol. The Hall–Kier alpha value is -2.08. The molecule has 21 heavy (non-hydrogen) atoms. The fourth-order valence-electron chi connectivity index (χ4n) is 1.73. The highest BCUT2D eigenvalue weighted by molar-refractivity contribution is 6.33. The van der Waals surface area contributed by atoms with Crippen molar-refractivity contribution in [2.24, 2.45) is 0 Å². The summed E-state index contributed by atoms with van der Waals surface area (Å²) < 4.78 is 42.8. The van der Waals surface area contributed by atoms with Crippen LogP contribution in [-0.2, 0) is 6.18 Å². The molecule has 0 aliphatic heterocycles. The fraction of sp³-hybridized carbons (Fsp3) is 0.143. The highest BCUT2D eigenvalue weighted by atomic mass is 35.5. The first-order chi connectivity index (χ1) is 9.81. The summed E-state index contributed by atoms with van der Waals surface area (Å²) in [4.78, 5) is 0. The van der Waals surface area contributed by atoms with E-state index in [1.807, 2.05) is 0 Å². The van der Waals surface area contributed by atoms with Gasteiger partial charge in [0.15, 0.2) is 0 Å². The third kappa shape index (κ3) is 3.52. The molecule has 0 saturated carbocycles. The van der Waals surface area contributed by atoms with E-state index in [2.05, 4.69) is 5.32 Å². The van der Waals surface area contributed by atoms with Crippen LogP contribution < -0.4 is 15.8 Å². The van der Waals surface area contributed by atoms with E-state index in [0.717, 1.165) is 12.1 Å². The summed E-state index contributed by atoms with van der Waals surface area (Å²) in [5.74, 6) is 0.562. The molecular formula is C14H12ClF3N2O. The quantitative estimate of drug-likeness (QED) is 0.807. The van der Waals surface area contributed by atoms with E-state index in [0.29, 0.717) is 22.1 Å². The minimum absolute atomic E-state index is 0.0243. The number of ether oxygens (including phenoxy) is 1. The Morgan fingerprint density at radius 3 is 2.38 bits per heavy atom. The van der Waals surface area contributed by atoms with Gasteiger partial charge in [-0.1, -0.05) is 11.6 Å². The number of nitrogens with one attached hydrogen (secondary N) is 1. The summed E-state index contributed by atoms with van der Waals surface area (Å²) in [6.07, 6.45) is -4.43. The lowest BCUT2D eigenvalue weighted by molar-refractivity contribution is -0.137. The Labute approximate surface area is 124 Å². The number of halogens is 4. The van der Waals surface area contributed by atoms with Crippen molar-refractivity contribution < 1.29 is 17.9 Å². The van der Waals surface area contributed by atoms with Crippen LogP contribution in [0.15, 0.2) is 36.4 Å². The van der Waals surface area contributed by atoms with Gasteiger partial charge in [0.2, 0.25) is 0 Å². The zero-order valence-electron chi connectivity index (χ0n) is 11.0. The van der Waals surface area contributed by atoms with Gasteiger partial charge in [0, 0.05) is 6.07 Å². The van der Waals surface area contributed by atoms with Gasteiger partial charge in [-0.05, 0) is 30.3 Å². The zero-order valence-corrected chi connectivity index (χ0v) is 11.7. The molecule has 2 aromatic rings. The zero-order chi connectivity index (χ0) is 15.6. The molecule has 0 bridgehead atoms. The monoisotopic (exact) mass is 316 g/mol. The Bertz CT molecular complexity index is 659. The van der Waals surface area contributed by atoms with Crippen LogP contribution in [0.2, 0.25) is 5.02 Å². The lowest BCUT2D eigenvalue weighted by atomic mass is 10.1. The number of methoxy groups -OCH3 is 1. The molecule has 3 nitrogen and oxygen atoms in total. The largest absolute Gasteiger partial charge is 0.497 e. The van der Waals surface area contributed by atoms with Crippen molar-refractivity contribution in [3.05, 3.63) is 47.0 Å². The number of anilines is 3. The minimum atomic E-state index is -4.43. The smallest absolute Gasteiger partial charge is 0.416 e. The molecule has 2 aromatic carbocycles. The number of hydrogen-bond acceptors (Lipinski definition) is 3. The van der Waals surface area contributed by atoms with Gasteiger partial charge in [-0.3, -0.25) is 0 Å². The maximum atomic E-state index is 12.6. The van der Waals surface area contributed by atoms with Gasteiger partial charge in [-0.25, -0.2) is 0 Å². The van der Waals surface area contributed by atoms with Gasteiger partial charge in [-0.15, -0.1) is 0 Å². The van der Waals surface area contributed by atoms with Crippen molar-refractivity contribution >= 4 is 28.7 Å². The van der Waals surface area contributed by atoms with E-state index in [1.165, 1.54) is 13.2 Å². The summed E-state index contributed by atoms with van der Waals surface area (Å²) in [6.45, 7) is 0. The van der Waals surface area contributed by atoms with Crippen molar-refractivity contribution in [1.29, 1.82) is 0 Å². The molecule has 0 fully saturated rings. The summed E-state index contributed by atoms with van der Waals surface area (Å²) in [5.41, 5.74) is 5.64. The summed E-state index contributed by atoms with van der Waals surface area (Å²) >= 11 is 6.02. The molecule has 0 aliphatic carbocycles. The van der Waals surface area contributed by atoms with E-state index in [4.69, 9.17) is 22.1 Å². The van der Waals surface area contributed by atoms with E-state index in [-0.39, 0.29) is 5.69 Å². The minimum Gasteiger partial charge on any atom is -0.497 e. The third-order valence-electron chi connectivity index (χ3n) is 2.82. The molecule has 3 N–H and O–H groups in total. The van der Waals surface area contributed by atoms with Crippen molar-refractivity contribution in [3.8, 4) is 5.75 Å². The first-order valence-electron chi connectivity index (χ1n) is 5.88. The average molecular weight is 317 g/mol. The molecule has 2 rings (SSSR count). The van der Waals surface area contributed by atoms with Crippen LogP contribution in [0.25, 0.3) is 0 Å². The number of alkyl halides is 3. The normalized spacial score (nSPS) is 11.3. The van der Waals surface area contributed by atoms with E-state index < -0.39 is 11.7 Å². The van der Waals surface area contributed by atoms with Gasteiger partial charge in [0.05, 0.1) is 34.8 Å². The van der Waals surface area contributed by atoms with Crippen LogP contribution in [0.5, 0.6) is 5.75 Å². The average Bonchev–Trinajstić information content (AvgIpc) is 2.42. The van der Waals surface area contributed by atoms with Gasteiger partial charge in [0.25, 0.3) is 0 Å². The van der Waals surface area contributed by atoms with Crippen LogP contribution in [0, 0.1) is 0 Å². The summed E-state index contributed by atoms with van der Waals surface area (Å²) in [7, 11) is 1.50. The van der Waals surface area contributed by atoms with Crippen LogP contribution in [-0.4, -0.2) is 7.11 Å². The maximum Gasteiger partial charge on any atom is 0.416 e. The first kappa shape index (κ1) is 15.3. The molecule has 112 valence electrons. The van der Waals surface area contributed by atoms with Crippen molar-refractivity contribution in [2.45, 2.75) is 6.18 Å². The van der Waals surface area contributed by atoms with Crippen LogP contribution in [0.3, 0.4) is 0 Å². The number of rotatable bonds is 3. The topological polar surface area (TPSA) is 47.3 Å². The standard InChI is InChI=1S/C14H12ClF3N2O/c1-21-9-3-4-10(15)13(7-9)20-12-5-2-8(6-11(12)19)14(16,17)18/h2-7,20H,19H2,1H3. The Kier molecular flexibility index (Phi) is 4.18. The lowest BCUT2D eigenvalue weighted by Gasteiger charge is -2.14. The number of nitrogens with two attached hydrogens (primary N) is 1. The Balaban J connectivity index is 2.32. The molecule has 0 saturated heterocycles. The summed E-state index contributed by atoms with van der Waals surface area (Å²) in [5, 5.41) is 3.29. The molecule has 0 radical (unpaired) electrons. The Morgan fingerprint density at radius 2 is 1.81 bits per heavy atom. The third-order valence-corrected chi connectivity index (χ3v) is 3.15. The summed E-state index contributed by atoms with van der Waals surface area (Å²) in [6, 6.07) is 7.99. The second kappa shape index (κ2) is 5.73. The Morgan fingerprint density at radius 1 is 1.10 bits per heavy atom. The highest BCUT2D eigenvalue weighted by Gasteiger charge is 2.30. The second-order valence-electron chi connectivity index (χ2n) is 4.27. The fourth-order valence-corrected chi connectivity index (χ4v) is 1.89.